The molecule has 17 heavy (non-hydrogen) atoms. The molecule has 1 heterocycles. The Morgan fingerprint density at radius 2 is 2.35 bits per heavy atom. The Morgan fingerprint density at radius 1 is 1.71 bits per heavy atom. The molecule has 0 aliphatic carbocycles. The van der Waals surface area contributed by atoms with Gasteiger partial charge in [0, 0.05) is 6.07 Å². The molecule has 6 nitrogen and oxygen atoms in total. The van der Waals surface area contributed by atoms with E-state index in [4.69, 9.17) is 9.26 Å². The van der Waals surface area contributed by atoms with Crippen molar-refractivity contribution in [1.29, 1.82) is 0 Å². The average molecular weight is 242 g/mol. The quantitative estimate of drug-likeness (QED) is 0.791. The Hall–Kier alpha value is -1.56. The zero-order chi connectivity index (χ0) is 13.1. The third-order valence-electron chi connectivity index (χ3n) is 2.46. The van der Waals surface area contributed by atoms with Crippen molar-refractivity contribution in [3.63, 3.8) is 0 Å². The molecule has 1 amide bonds. The summed E-state index contributed by atoms with van der Waals surface area (Å²) < 4.78 is 9.90. The van der Waals surface area contributed by atoms with Crippen LogP contribution in [0.1, 0.15) is 26.5 Å². The van der Waals surface area contributed by atoms with Gasteiger partial charge < -0.3 is 19.7 Å². The van der Waals surface area contributed by atoms with Gasteiger partial charge in [0.05, 0.1) is 11.6 Å². The highest BCUT2D eigenvalue weighted by molar-refractivity contribution is 5.78. The largest absolute Gasteiger partial charge is 0.465 e. The number of amides is 1. The molecule has 0 bridgehead atoms. The Balaban J connectivity index is 2.40. The Morgan fingerprint density at radius 3 is 2.82 bits per heavy atom. The van der Waals surface area contributed by atoms with E-state index in [1.807, 2.05) is 0 Å². The second-order valence-electron chi connectivity index (χ2n) is 4.51. The topological polar surface area (TPSA) is 84.6 Å². The standard InChI is InChI=1S/C11H18N2O4/c1-7-5-10(13-17-7)16-6-9(15)12-11(3,4)8(2)14/h5,8,14H,6H2,1-4H3,(H,12,15). The molecule has 6 heteroatoms. The second kappa shape index (κ2) is 5.18. The van der Waals surface area contributed by atoms with Crippen LogP contribution in [-0.2, 0) is 4.79 Å². The fourth-order valence-corrected chi connectivity index (χ4v) is 1.05. The van der Waals surface area contributed by atoms with Gasteiger partial charge in [-0.1, -0.05) is 0 Å². The van der Waals surface area contributed by atoms with E-state index in [2.05, 4.69) is 10.5 Å². The van der Waals surface area contributed by atoms with E-state index in [9.17, 15) is 9.90 Å². The first-order chi connectivity index (χ1) is 7.81. The van der Waals surface area contributed by atoms with Gasteiger partial charge in [-0.25, -0.2) is 0 Å². The van der Waals surface area contributed by atoms with Crippen LogP contribution in [-0.4, -0.2) is 34.4 Å². The van der Waals surface area contributed by atoms with Gasteiger partial charge in [0.1, 0.15) is 5.76 Å². The lowest BCUT2D eigenvalue weighted by molar-refractivity contribution is -0.126. The van der Waals surface area contributed by atoms with Crippen LogP contribution in [0.3, 0.4) is 0 Å². The van der Waals surface area contributed by atoms with Crippen molar-refractivity contribution in [3.8, 4) is 5.88 Å². The molecule has 0 fully saturated rings. The van der Waals surface area contributed by atoms with E-state index in [-0.39, 0.29) is 18.4 Å². The summed E-state index contributed by atoms with van der Waals surface area (Å²) in [6.07, 6.45) is -0.652. The third-order valence-corrected chi connectivity index (χ3v) is 2.46. The Bertz CT molecular complexity index is 385. The SMILES string of the molecule is Cc1cc(OCC(=O)NC(C)(C)C(C)O)no1. The number of nitrogens with one attached hydrogen (secondary N) is 1. The number of nitrogens with zero attached hydrogens (tertiary/aromatic N) is 1. The summed E-state index contributed by atoms with van der Waals surface area (Å²) in [5.74, 6) is 0.564. The van der Waals surface area contributed by atoms with Crippen molar-refractivity contribution >= 4 is 5.91 Å². The maximum absolute atomic E-state index is 11.5. The van der Waals surface area contributed by atoms with Gasteiger partial charge in [-0.2, -0.15) is 0 Å². The van der Waals surface area contributed by atoms with Gasteiger partial charge in [0.2, 0.25) is 0 Å². The highest BCUT2D eigenvalue weighted by Gasteiger charge is 2.26. The summed E-state index contributed by atoms with van der Waals surface area (Å²) in [6.45, 7) is 6.65. The van der Waals surface area contributed by atoms with Gasteiger partial charge in [0.25, 0.3) is 11.8 Å². The van der Waals surface area contributed by atoms with Crippen molar-refractivity contribution in [2.75, 3.05) is 6.61 Å². The van der Waals surface area contributed by atoms with Crippen LogP contribution in [0, 0.1) is 6.92 Å². The number of aliphatic hydroxyl groups is 1. The molecule has 1 atom stereocenters. The van der Waals surface area contributed by atoms with E-state index in [0.29, 0.717) is 5.76 Å². The minimum atomic E-state index is -0.694. The summed E-state index contributed by atoms with van der Waals surface area (Å²) in [5.41, 5.74) is -0.694. The number of carbonyl (C=O) groups excluding carboxylic acids is 1. The third kappa shape index (κ3) is 4.07. The summed E-state index contributed by atoms with van der Waals surface area (Å²) >= 11 is 0. The summed E-state index contributed by atoms with van der Waals surface area (Å²) in [4.78, 5) is 11.5. The first-order valence-electron chi connectivity index (χ1n) is 5.36. The molecule has 2 N–H and O–H groups in total. The van der Waals surface area contributed by atoms with E-state index in [1.165, 1.54) is 0 Å². The predicted molar refractivity (Wildman–Crippen MR) is 60.6 cm³/mol. The van der Waals surface area contributed by atoms with Crippen LogP contribution in [0.5, 0.6) is 5.88 Å². The van der Waals surface area contributed by atoms with Crippen molar-refractivity contribution in [2.45, 2.75) is 39.3 Å². The van der Waals surface area contributed by atoms with Crippen molar-refractivity contribution in [3.05, 3.63) is 11.8 Å². The first kappa shape index (κ1) is 13.5. The minimum Gasteiger partial charge on any atom is -0.465 e. The second-order valence-corrected chi connectivity index (χ2v) is 4.51. The Kier molecular flexibility index (Phi) is 4.11. The van der Waals surface area contributed by atoms with Crippen molar-refractivity contribution in [2.24, 2.45) is 0 Å². The normalized spacial score (nSPS) is 13.2. The molecular formula is C11H18N2O4. The smallest absolute Gasteiger partial charge is 0.258 e. The van der Waals surface area contributed by atoms with Crippen molar-refractivity contribution < 1.29 is 19.2 Å². The van der Waals surface area contributed by atoms with Gasteiger partial charge in [-0.15, -0.1) is 0 Å². The van der Waals surface area contributed by atoms with E-state index >= 15 is 0 Å². The van der Waals surface area contributed by atoms with E-state index in [1.54, 1.807) is 33.8 Å². The maximum atomic E-state index is 11.5. The van der Waals surface area contributed by atoms with E-state index < -0.39 is 11.6 Å². The number of aryl methyl sites for hydroxylation is 1. The lowest BCUT2D eigenvalue weighted by atomic mass is 9.99. The van der Waals surface area contributed by atoms with Gasteiger partial charge in [-0.05, 0) is 32.9 Å². The summed E-state index contributed by atoms with van der Waals surface area (Å²) in [7, 11) is 0. The zero-order valence-corrected chi connectivity index (χ0v) is 10.5. The molecule has 0 saturated heterocycles. The molecule has 0 spiro atoms. The number of carbonyl (C=O) groups is 1. The fourth-order valence-electron chi connectivity index (χ4n) is 1.05. The fraction of sp³-hybridized carbons (Fsp3) is 0.636. The van der Waals surface area contributed by atoms with Crippen LogP contribution in [0.2, 0.25) is 0 Å². The highest BCUT2D eigenvalue weighted by Crippen LogP contribution is 2.10. The maximum Gasteiger partial charge on any atom is 0.258 e. The number of rotatable bonds is 5. The van der Waals surface area contributed by atoms with Crippen molar-refractivity contribution in [1.82, 2.24) is 10.5 Å². The lowest BCUT2D eigenvalue weighted by Gasteiger charge is -2.29. The van der Waals surface area contributed by atoms with Crippen LogP contribution < -0.4 is 10.1 Å². The van der Waals surface area contributed by atoms with Gasteiger partial charge >= 0.3 is 0 Å². The first-order valence-corrected chi connectivity index (χ1v) is 5.36. The Labute approximate surface area is 99.9 Å². The average Bonchev–Trinajstić information content (AvgIpc) is 2.60. The van der Waals surface area contributed by atoms with Crippen LogP contribution in [0.25, 0.3) is 0 Å². The predicted octanol–water partition coefficient (Wildman–Crippen LogP) is 0.637. The molecular weight excluding hydrogens is 224 g/mol. The molecule has 0 saturated carbocycles. The molecule has 96 valence electrons. The monoisotopic (exact) mass is 242 g/mol. The summed E-state index contributed by atoms with van der Waals surface area (Å²) in [5, 5.41) is 15.7. The molecule has 1 rings (SSSR count). The van der Waals surface area contributed by atoms with E-state index in [0.717, 1.165) is 0 Å². The number of hydrogen-bond acceptors (Lipinski definition) is 5. The number of aliphatic hydroxyl groups excluding tert-OH is 1. The minimum absolute atomic E-state index is 0.165. The number of aromatic nitrogens is 1. The molecule has 0 radical (unpaired) electrons. The zero-order valence-electron chi connectivity index (χ0n) is 10.5. The molecule has 1 aromatic rings. The molecule has 0 aliphatic heterocycles. The highest BCUT2D eigenvalue weighted by atomic mass is 16.5. The van der Waals surface area contributed by atoms with Gasteiger partial charge in [-0.3, -0.25) is 4.79 Å². The lowest BCUT2D eigenvalue weighted by Crippen LogP contribution is -2.52. The van der Waals surface area contributed by atoms with Crippen LogP contribution >= 0.6 is 0 Å². The van der Waals surface area contributed by atoms with Crippen LogP contribution in [0.15, 0.2) is 10.6 Å². The number of ether oxygens (including phenoxy) is 1. The molecule has 1 unspecified atom stereocenters. The summed E-state index contributed by atoms with van der Waals surface area (Å²) in [6, 6.07) is 1.59. The molecule has 1 aromatic heterocycles. The molecule has 0 aliphatic rings. The van der Waals surface area contributed by atoms with Crippen LogP contribution in [0.4, 0.5) is 0 Å². The molecule has 0 aromatic carbocycles. The number of hydrogen-bond donors (Lipinski definition) is 2. The van der Waals surface area contributed by atoms with Gasteiger partial charge in [0.15, 0.2) is 6.61 Å².